The first-order valence-corrected chi connectivity index (χ1v) is 9.10. The molecule has 0 saturated carbocycles. The first kappa shape index (κ1) is 17.2. The largest absolute Gasteiger partial charge is 0.355 e. The van der Waals surface area contributed by atoms with E-state index in [2.05, 4.69) is 32.5 Å². The molecule has 1 N–H and O–H groups in total. The number of aromatic nitrogens is 3. The monoisotopic (exact) mass is 363 g/mol. The fourth-order valence-electron chi connectivity index (χ4n) is 3.14. The lowest BCUT2D eigenvalue weighted by Gasteiger charge is -2.30. The predicted octanol–water partition coefficient (Wildman–Crippen LogP) is 3.62. The van der Waals surface area contributed by atoms with Gasteiger partial charge in [0, 0.05) is 30.4 Å². The third kappa shape index (κ3) is 3.97. The quantitative estimate of drug-likeness (QED) is 0.762. The summed E-state index contributed by atoms with van der Waals surface area (Å²) in [6.45, 7) is 4.37. The summed E-state index contributed by atoms with van der Waals surface area (Å²) in [7, 11) is 0. The molecule has 1 fully saturated rings. The normalized spacial score (nSPS) is 14.9. The van der Waals surface area contributed by atoms with Crippen LogP contribution in [0.3, 0.4) is 0 Å². The summed E-state index contributed by atoms with van der Waals surface area (Å²) in [5, 5.41) is 15.1. The highest BCUT2D eigenvalue weighted by Crippen LogP contribution is 2.24. The third-order valence-electron chi connectivity index (χ3n) is 4.86. The average molecular weight is 363 g/mol. The number of anilines is 2. The van der Waals surface area contributed by atoms with Crippen LogP contribution < -0.4 is 10.2 Å². The van der Waals surface area contributed by atoms with Gasteiger partial charge in [-0.1, -0.05) is 24.2 Å². The maximum absolute atomic E-state index is 12.0. The highest BCUT2D eigenvalue weighted by Gasteiger charge is 2.17. The minimum Gasteiger partial charge on any atom is -0.355 e. The summed E-state index contributed by atoms with van der Waals surface area (Å²) in [6.07, 6.45) is 3.83. The van der Waals surface area contributed by atoms with E-state index in [9.17, 15) is 4.79 Å². The number of nitrogens with one attached hydrogen (secondary N) is 1. The van der Waals surface area contributed by atoms with E-state index in [-0.39, 0.29) is 11.7 Å². The van der Waals surface area contributed by atoms with Crippen LogP contribution in [0.25, 0.3) is 11.3 Å². The Morgan fingerprint density at radius 1 is 1.07 bits per heavy atom. The van der Waals surface area contributed by atoms with Gasteiger partial charge in [0.05, 0.1) is 11.9 Å². The molecular weight excluding hydrogens is 342 g/mol. The molecule has 3 aromatic rings. The first-order valence-electron chi connectivity index (χ1n) is 9.10. The standard InChI is InChI=1S/C20H21N5O2/c1-14-9-12-25(13-10-14)19-7-6-17(23-24-19)15-2-4-16(5-3-15)22-20(26)18-8-11-21-27-18/h2-8,11,14H,9-10,12-13H2,1H3,(H,22,26). The van der Waals surface area contributed by atoms with E-state index in [0.717, 1.165) is 36.1 Å². The molecule has 0 bridgehead atoms. The Morgan fingerprint density at radius 3 is 2.48 bits per heavy atom. The van der Waals surface area contributed by atoms with Crippen molar-refractivity contribution in [1.82, 2.24) is 15.4 Å². The molecule has 3 heterocycles. The van der Waals surface area contributed by atoms with Crippen LogP contribution >= 0.6 is 0 Å². The van der Waals surface area contributed by atoms with Gasteiger partial charge < -0.3 is 14.7 Å². The summed E-state index contributed by atoms with van der Waals surface area (Å²) in [5.41, 5.74) is 2.42. The van der Waals surface area contributed by atoms with E-state index in [1.807, 2.05) is 36.4 Å². The number of nitrogens with zero attached hydrogens (tertiary/aromatic N) is 4. The van der Waals surface area contributed by atoms with E-state index in [0.29, 0.717) is 5.69 Å². The number of hydrogen-bond acceptors (Lipinski definition) is 6. The number of amides is 1. The first-order chi connectivity index (χ1) is 13.2. The molecule has 0 atom stereocenters. The molecule has 0 unspecified atom stereocenters. The summed E-state index contributed by atoms with van der Waals surface area (Å²) in [6, 6.07) is 13.0. The Bertz CT molecular complexity index is 883. The Balaban J connectivity index is 1.42. The molecule has 1 aromatic carbocycles. The smallest absolute Gasteiger partial charge is 0.294 e. The molecule has 1 aliphatic heterocycles. The predicted molar refractivity (Wildman–Crippen MR) is 103 cm³/mol. The molecule has 7 heteroatoms. The lowest BCUT2D eigenvalue weighted by atomic mass is 9.99. The van der Waals surface area contributed by atoms with Gasteiger partial charge in [-0.25, -0.2) is 0 Å². The molecule has 1 saturated heterocycles. The van der Waals surface area contributed by atoms with Crippen molar-refractivity contribution in [2.75, 3.05) is 23.3 Å². The second-order valence-corrected chi connectivity index (χ2v) is 6.85. The molecule has 2 aromatic heterocycles. The van der Waals surface area contributed by atoms with Crippen molar-refractivity contribution in [2.45, 2.75) is 19.8 Å². The number of piperidine rings is 1. The topological polar surface area (TPSA) is 84.2 Å². The highest BCUT2D eigenvalue weighted by molar-refractivity contribution is 6.02. The van der Waals surface area contributed by atoms with Crippen molar-refractivity contribution in [3.05, 3.63) is 54.4 Å². The van der Waals surface area contributed by atoms with Gasteiger partial charge in [-0.15, -0.1) is 10.2 Å². The van der Waals surface area contributed by atoms with Crippen LogP contribution in [-0.2, 0) is 0 Å². The van der Waals surface area contributed by atoms with E-state index >= 15 is 0 Å². The maximum atomic E-state index is 12.0. The zero-order valence-corrected chi connectivity index (χ0v) is 15.1. The second kappa shape index (κ2) is 7.57. The molecule has 0 aliphatic carbocycles. The van der Waals surface area contributed by atoms with Crippen LogP contribution in [0.1, 0.15) is 30.3 Å². The van der Waals surface area contributed by atoms with Crippen LogP contribution in [0.15, 0.2) is 53.2 Å². The minimum atomic E-state index is -0.333. The molecule has 1 aliphatic rings. The van der Waals surface area contributed by atoms with Gasteiger partial charge in [-0.05, 0) is 43.0 Å². The van der Waals surface area contributed by atoms with Gasteiger partial charge in [0.25, 0.3) is 5.91 Å². The van der Waals surface area contributed by atoms with Crippen molar-refractivity contribution in [1.29, 1.82) is 0 Å². The van der Waals surface area contributed by atoms with Crippen molar-refractivity contribution in [3.8, 4) is 11.3 Å². The van der Waals surface area contributed by atoms with E-state index in [1.54, 1.807) is 0 Å². The summed E-state index contributed by atoms with van der Waals surface area (Å²) in [4.78, 5) is 14.3. The molecular formula is C20H21N5O2. The van der Waals surface area contributed by atoms with Gasteiger partial charge in [0.1, 0.15) is 0 Å². The third-order valence-corrected chi connectivity index (χ3v) is 4.86. The van der Waals surface area contributed by atoms with E-state index in [4.69, 9.17) is 4.52 Å². The van der Waals surface area contributed by atoms with Crippen molar-refractivity contribution >= 4 is 17.4 Å². The Kier molecular flexibility index (Phi) is 4.82. The Labute approximate surface area is 157 Å². The van der Waals surface area contributed by atoms with Crippen molar-refractivity contribution in [2.24, 2.45) is 5.92 Å². The number of hydrogen-bond donors (Lipinski definition) is 1. The molecule has 4 rings (SSSR count). The second-order valence-electron chi connectivity index (χ2n) is 6.85. The molecule has 0 spiro atoms. The summed E-state index contributed by atoms with van der Waals surface area (Å²) >= 11 is 0. The summed E-state index contributed by atoms with van der Waals surface area (Å²) in [5.74, 6) is 1.56. The molecule has 138 valence electrons. The van der Waals surface area contributed by atoms with E-state index < -0.39 is 0 Å². The molecule has 7 nitrogen and oxygen atoms in total. The van der Waals surface area contributed by atoms with E-state index in [1.165, 1.54) is 25.1 Å². The maximum Gasteiger partial charge on any atom is 0.294 e. The Morgan fingerprint density at radius 2 is 1.85 bits per heavy atom. The van der Waals surface area contributed by atoms with Crippen molar-refractivity contribution < 1.29 is 9.32 Å². The zero-order valence-electron chi connectivity index (χ0n) is 15.1. The van der Waals surface area contributed by atoms with Crippen LogP contribution in [0.5, 0.6) is 0 Å². The number of rotatable bonds is 4. The molecule has 27 heavy (non-hydrogen) atoms. The minimum absolute atomic E-state index is 0.174. The van der Waals surface area contributed by atoms with Gasteiger partial charge in [0.15, 0.2) is 5.82 Å². The number of carbonyl (C=O) groups excluding carboxylic acids is 1. The van der Waals surface area contributed by atoms with Crippen molar-refractivity contribution in [3.63, 3.8) is 0 Å². The van der Waals surface area contributed by atoms with Gasteiger partial charge >= 0.3 is 0 Å². The number of carbonyl (C=O) groups is 1. The fraction of sp³-hybridized carbons (Fsp3) is 0.300. The molecule has 0 radical (unpaired) electrons. The average Bonchev–Trinajstić information content (AvgIpc) is 3.24. The molecule has 1 amide bonds. The Hall–Kier alpha value is -3.22. The SMILES string of the molecule is CC1CCN(c2ccc(-c3ccc(NC(=O)c4ccno4)cc3)nn2)CC1. The fourth-order valence-corrected chi connectivity index (χ4v) is 3.14. The summed E-state index contributed by atoms with van der Waals surface area (Å²) < 4.78 is 4.84. The highest BCUT2D eigenvalue weighted by atomic mass is 16.5. The lowest BCUT2D eigenvalue weighted by molar-refractivity contribution is 0.0988. The van der Waals surface area contributed by atoms with Crippen LogP contribution in [0.4, 0.5) is 11.5 Å². The lowest BCUT2D eigenvalue weighted by Crippen LogP contribution is -2.33. The van der Waals surface area contributed by atoms with Crippen LogP contribution in [0, 0.1) is 5.92 Å². The zero-order chi connectivity index (χ0) is 18.6. The van der Waals surface area contributed by atoms with Gasteiger partial charge in [0.2, 0.25) is 5.76 Å². The van der Waals surface area contributed by atoms with Crippen LogP contribution in [0.2, 0.25) is 0 Å². The van der Waals surface area contributed by atoms with Gasteiger partial charge in [-0.2, -0.15) is 0 Å². The number of benzene rings is 1. The van der Waals surface area contributed by atoms with Crippen LogP contribution in [-0.4, -0.2) is 34.4 Å². The van der Waals surface area contributed by atoms with Gasteiger partial charge in [-0.3, -0.25) is 4.79 Å².